The summed E-state index contributed by atoms with van der Waals surface area (Å²) >= 11 is 0.768. The molecule has 0 aliphatic rings. The number of hydrogen-bond donors (Lipinski definition) is 1. The fourth-order valence-corrected chi connectivity index (χ4v) is 2.79. The first kappa shape index (κ1) is 16.3. The maximum atomic E-state index is 12.5. The predicted molar refractivity (Wildman–Crippen MR) is 80.3 cm³/mol. The van der Waals surface area contributed by atoms with E-state index in [1.165, 1.54) is 12.2 Å². The van der Waals surface area contributed by atoms with Crippen LogP contribution in [0.15, 0.2) is 29.7 Å². The lowest BCUT2D eigenvalue weighted by Gasteiger charge is -2.04. The van der Waals surface area contributed by atoms with Crippen molar-refractivity contribution < 1.29 is 23.1 Å². The third-order valence-electron chi connectivity index (χ3n) is 3.11. The minimum absolute atomic E-state index is 0.0378. The highest BCUT2D eigenvalue weighted by Crippen LogP contribution is 2.33. The first-order chi connectivity index (χ1) is 10.2. The number of aryl methyl sites for hydroxylation is 2. The quantitative estimate of drug-likeness (QED) is 0.637. The number of phenolic OH excluding ortho intramolecular Hbond substituents is 1. The van der Waals surface area contributed by atoms with Crippen LogP contribution in [0.2, 0.25) is 0 Å². The highest BCUT2D eigenvalue weighted by atomic mass is 32.1. The molecular formula is C16H13F3O2S. The zero-order valence-electron chi connectivity index (χ0n) is 11.9. The molecule has 2 nitrogen and oxygen atoms in total. The number of hydrogen-bond acceptors (Lipinski definition) is 3. The summed E-state index contributed by atoms with van der Waals surface area (Å²) in [7, 11) is 0. The second kappa shape index (κ2) is 5.96. The zero-order chi connectivity index (χ0) is 16.5. The van der Waals surface area contributed by atoms with Gasteiger partial charge < -0.3 is 5.11 Å². The maximum absolute atomic E-state index is 12.5. The van der Waals surface area contributed by atoms with Gasteiger partial charge in [0.2, 0.25) is 0 Å². The number of benzene rings is 1. The van der Waals surface area contributed by atoms with Crippen LogP contribution in [0.4, 0.5) is 13.2 Å². The van der Waals surface area contributed by atoms with Crippen LogP contribution in [0.5, 0.6) is 5.75 Å². The van der Waals surface area contributed by atoms with E-state index in [1.807, 2.05) is 0 Å². The van der Waals surface area contributed by atoms with E-state index in [4.69, 9.17) is 0 Å². The number of rotatable bonds is 3. The van der Waals surface area contributed by atoms with E-state index in [1.54, 1.807) is 26.0 Å². The molecule has 2 rings (SSSR count). The number of halogens is 3. The molecule has 0 bridgehead atoms. The average molecular weight is 326 g/mol. The highest BCUT2D eigenvalue weighted by Gasteiger charge is 2.32. The smallest absolute Gasteiger partial charge is 0.417 e. The summed E-state index contributed by atoms with van der Waals surface area (Å²) in [5.74, 6) is -0.291. The average Bonchev–Trinajstić information content (AvgIpc) is 2.91. The SMILES string of the molecule is Cc1cc(C=CC(=O)c2cc(C(F)(F)F)cs2)cc(C)c1O. The number of thiophene rings is 1. The van der Waals surface area contributed by atoms with Gasteiger partial charge in [-0.25, -0.2) is 0 Å². The Balaban J connectivity index is 2.20. The van der Waals surface area contributed by atoms with E-state index in [2.05, 4.69) is 0 Å². The highest BCUT2D eigenvalue weighted by molar-refractivity contribution is 7.12. The number of alkyl halides is 3. The minimum atomic E-state index is -4.44. The molecule has 0 atom stereocenters. The Morgan fingerprint density at radius 1 is 1.18 bits per heavy atom. The number of phenols is 1. The van der Waals surface area contributed by atoms with Crippen molar-refractivity contribution >= 4 is 23.2 Å². The van der Waals surface area contributed by atoms with Crippen molar-refractivity contribution in [2.75, 3.05) is 0 Å². The first-order valence-corrected chi connectivity index (χ1v) is 7.25. The Labute approximate surface area is 129 Å². The number of allylic oxidation sites excluding steroid dienone is 1. The second-order valence-electron chi connectivity index (χ2n) is 4.90. The Bertz CT molecular complexity index is 719. The monoisotopic (exact) mass is 326 g/mol. The van der Waals surface area contributed by atoms with E-state index in [9.17, 15) is 23.1 Å². The van der Waals surface area contributed by atoms with Gasteiger partial charge in [0.05, 0.1) is 10.4 Å². The van der Waals surface area contributed by atoms with E-state index < -0.39 is 17.5 Å². The zero-order valence-corrected chi connectivity index (χ0v) is 12.7. The summed E-state index contributed by atoms with van der Waals surface area (Å²) in [5.41, 5.74) is 1.23. The van der Waals surface area contributed by atoms with Crippen molar-refractivity contribution in [3.8, 4) is 5.75 Å². The van der Waals surface area contributed by atoms with Gasteiger partial charge in [-0.05, 0) is 54.8 Å². The third-order valence-corrected chi connectivity index (χ3v) is 4.05. The Kier molecular flexibility index (Phi) is 4.42. The van der Waals surface area contributed by atoms with Crippen LogP contribution in [-0.2, 0) is 6.18 Å². The fraction of sp³-hybridized carbons (Fsp3) is 0.188. The maximum Gasteiger partial charge on any atom is 0.417 e. The van der Waals surface area contributed by atoms with E-state index in [0.717, 1.165) is 22.8 Å². The summed E-state index contributed by atoms with van der Waals surface area (Å²) in [6, 6.07) is 4.24. The summed E-state index contributed by atoms with van der Waals surface area (Å²) < 4.78 is 37.5. The van der Waals surface area contributed by atoms with Gasteiger partial charge in [0.25, 0.3) is 0 Å². The predicted octanol–water partition coefficient (Wildman–Crippen LogP) is 4.99. The van der Waals surface area contributed by atoms with Gasteiger partial charge in [-0.3, -0.25) is 4.79 Å². The molecule has 0 saturated carbocycles. The van der Waals surface area contributed by atoms with Crippen molar-refractivity contribution in [2.45, 2.75) is 20.0 Å². The second-order valence-corrected chi connectivity index (χ2v) is 5.81. The largest absolute Gasteiger partial charge is 0.507 e. The minimum Gasteiger partial charge on any atom is -0.507 e. The van der Waals surface area contributed by atoms with Crippen LogP contribution >= 0.6 is 11.3 Å². The number of carbonyl (C=O) groups is 1. The van der Waals surface area contributed by atoms with E-state index in [0.29, 0.717) is 16.7 Å². The van der Waals surface area contributed by atoms with Gasteiger partial charge >= 0.3 is 6.18 Å². The molecule has 2 aromatic rings. The number of aromatic hydroxyl groups is 1. The van der Waals surface area contributed by atoms with Gasteiger partial charge in [-0.15, -0.1) is 11.3 Å². The van der Waals surface area contributed by atoms with E-state index in [-0.39, 0.29) is 10.6 Å². The molecule has 22 heavy (non-hydrogen) atoms. The Hall–Kier alpha value is -2.08. The molecule has 0 spiro atoms. The van der Waals surface area contributed by atoms with Gasteiger partial charge in [0, 0.05) is 5.38 Å². The van der Waals surface area contributed by atoms with Crippen LogP contribution in [0.25, 0.3) is 6.08 Å². The van der Waals surface area contributed by atoms with Gasteiger partial charge in [-0.2, -0.15) is 13.2 Å². The summed E-state index contributed by atoms with van der Waals surface area (Å²) in [6.07, 6.45) is -1.68. The standard InChI is InChI=1S/C16H13F3O2S/c1-9-5-11(6-10(2)15(9)21)3-4-13(20)14-7-12(8-22-14)16(17,18)19/h3-8,21H,1-2H3. The molecule has 1 aromatic heterocycles. The van der Waals surface area contributed by atoms with Crippen molar-refractivity contribution in [1.29, 1.82) is 0 Å². The molecule has 0 radical (unpaired) electrons. The Morgan fingerprint density at radius 3 is 2.27 bits per heavy atom. The lowest BCUT2D eigenvalue weighted by molar-refractivity contribution is -0.137. The summed E-state index contributed by atoms with van der Waals surface area (Å²) in [6.45, 7) is 3.47. The molecule has 1 aromatic carbocycles. The summed E-state index contributed by atoms with van der Waals surface area (Å²) in [4.78, 5) is 11.9. The van der Waals surface area contributed by atoms with Gasteiger partial charge in [0.1, 0.15) is 5.75 Å². The number of ketones is 1. The lowest BCUT2D eigenvalue weighted by atomic mass is 10.0. The van der Waals surface area contributed by atoms with Crippen LogP contribution < -0.4 is 0 Å². The van der Waals surface area contributed by atoms with E-state index >= 15 is 0 Å². The van der Waals surface area contributed by atoms with Gasteiger partial charge in [-0.1, -0.05) is 6.08 Å². The molecule has 0 unspecified atom stereocenters. The van der Waals surface area contributed by atoms with Crippen LogP contribution in [0.1, 0.15) is 31.9 Å². The molecule has 0 fully saturated rings. The van der Waals surface area contributed by atoms with Crippen LogP contribution in [-0.4, -0.2) is 10.9 Å². The summed E-state index contributed by atoms with van der Waals surface area (Å²) in [5, 5.41) is 10.6. The molecule has 1 heterocycles. The molecule has 6 heteroatoms. The molecular weight excluding hydrogens is 313 g/mol. The molecule has 0 aliphatic heterocycles. The van der Waals surface area contributed by atoms with Gasteiger partial charge in [0.15, 0.2) is 5.78 Å². The van der Waals surface area contributed by atoms with Crippen molar-refractivity contribution in [2.24, 2.45) is 0 Å². The normalized spacial score (nSPS) is 12.0. The Morgan fingerprint density at radius 2 is 1.77 bits per heavy atom. The van der Waals surface area contributed by atoms with Crippen molar-refractivity contribution in [3.63, 3.8) is 0 Å². The topological polar surface area (TPSA) is 37.3 Å². The van der Waals surface area contributed by atoms with Crippen LogP contribution in [0.3, 0.4) is 0 Å². The molecule has 0 saturated heterocycles. The van der Waals surface area contributed by atoms with Crippen molar-refractivity contribution in [1.82, 2.24) is 0 Å². The molecule has 0 amide bonds. The lowest BCUT2D eigenvalue weighted by Crippen LogP contribution is -2.02. The molecule has 116 valence electrons. The first-order valence-electron chi connectivity index (χ1n) is 6.37. The third kappa shape index (κ3) is 3.57. The number of carbonyl (C=O) groups excluding carboxylic acids is 1. The van der Waals surface area contributed by atoms with Crippen molar-refractivity contribution in [3.05, 3.63) is 56.8 Å². The molecule has 0 aliphatic carbocycles. The molecule has 1 N–H and O–H groups in total. The fourth-order valence-electron chi connectivity index (χ4n) is 1.95. The van der Waals surface area contributed by atoms with Crippen LogP contribution in [0, 0.1) is 13.8 Å².